The molecule has 1 aliphatic rings. The van der Waals surface area contributed by atoms with Crippen molar-refractivity contribution in [3.8, 4) is 0 Å². The summed E-state index contributed by atoms with van der Waals surface area (Å²) in [7, 11) is 1.86. The molecule has 2 rings (SSSR count). The Morgan fingerprint density at radius 3 is 3.20 bits per heavy atom. The SMILES string of the molecule is CNC[C@H]1OCCCc2cccc(F)c21. The van der Waals surface area contributed by atoms with Crippen LogP contribution in [0.4, 0.5) is 4.39 Å². The number of ether oxygens (including phenoxy) is 1. The van der Waals surface area contributed by atoms with Gasteiger partial charge in [-0.25, -0.2) is 4.39 Å². The van der Waals surface area contributed by atoms with E-state index < -0.39 is 0 Å². The number of hydrogen-bond acceptors (Lipinski definition) is 2. The van der Waals surface area contributed by atoms with Crippen molar-refractivity contribution in [3.63, 3.8) is 0 Å². The summed E-state index contributed by atoms with van der Waals surface area (Å²) in [5, 5.41) is 3.04. The van der Waals surface area contributed by atoms with Crippen LogP contribution in [0, 0.1) is 5.82 Å². The molecule has 82 valence electrons. The summed E-state index contributed by atoms with van der Waals surface area (Å²) in [6, 6.07) is 5.28. The fourth-order valence-electron chi connectivity index (χ4n) is 2.08. The van der Waals surface area contributed by atoms with Gasteiger partial charge in [-0.3, -0.25) is 0 Å². The molecule has 1 heterocycles. The van der Waals surface area contributed by atoms with Gasteiger partial charge in [0.05, 0.1) is 6.10 Å². The fraction of sp³-hybridized carbons (Fsp3) is 0.500. The zero-order chi connectivity index (χ0) is 10.7. The highest BCUT2D eigenvalue weighted by atomic mass is 19.1. The van der Waals surface area contributed by atoms with Crippen molar-refractivity contribution >= 4 is 0 Å². The highest BCUT2D eigenvalue weighted by Gasteiger charge is 2.21. The molecule has 15 heavy (non-hydrogen) atoms. The van der Waals surface area contributed by atoms with Gasteiger partial charge in [0.25, 0.3) is 0 Å². The third kappa shape index (κ3) is 2.19. The first-order chi connectivity index (χ1) is 7.33. The molecule has 0 aliphatic carbocycles. The summed E-state index contributed by atoms with van der Waals surface area (Å²) < 4.78 is 19.4. The van der Waals surface area contributed by atoms with Gasteiger partial charge in [0.15, 0.2) is 0 Å². The predicted octanol–water partition coefficient (Wildman–Crippen LogP) is 2.05. The largest absolute Gasteiger partial charge is 0.372 e. The first-order valence-corrected chi connectivity index (χ1v) is 5.36. The van der Waals surface area contributed by atoms with E-state index in [9.17, 15) is 4.39 Å². The van der Waals surface area contributed by atoms with Crippen LogP contribution in [0.3, 0.4) is 0 Å². The highest BCUT2D eigenvalue weighted by Crippen LogP contribution is 2.28. The second-order valence-electron chi connectivity index (χ2n) is 3.83. The van der Waals surface area contributed by atoms with Gasteiger partial charge in [-0.2, -0.15) is 0 Å². The lowest BCUT2D eigenvalue weighted by Crippen LogP contribution is -2.20. The Labute approximate surface area is 89.4 Å². The molecule has 0 saturated carbocycles. The van der Waals surface area contributed by atoms with Gasteiger partial charge in [-0.05, 0) is 31.5 Å². The number of likely N-dealkylation sites (N-methyl/N-ethyl adjacent to an activating group) is 1. The minimum Gasteiger partial charge on any atom is -0.372 e. The van der Waals surface area contributed by atoms with Crippen LogP contribution in [0.2, 0.25) is 0 Å². The molecule has 3 heteroatoms. The van der Waals surface area contributed by atoms with Crippen LogP contribution >= 0.6 is 0 Å². The van der Waals surface area contributed by atoms with Gasteiger partial charge in [-0.15, -0.1) is 0 Å². The molecule has 0 amide bonds. The van der Waals surface area contributed by atoms with E-state index in [4.69, 9.17) is 4.74 Å². The molecule has 0 spiro atoms. The average Bonchev–Trinajstić information content (AvgIpc) is 2.42. The summed E-state index contributed by atoms with van der Waals surface area (Å²) in [5.41, 5.74) is 1.83. The third-order valence-electron chi connectivity index (χ3n) is 2.76. The van der Waals surface area contributed by atoms with E-state index in [0.717, 1.165) is 24.0 Å². The number of aryl methyl sites for hydroxylation is 1. The molecule has 1 aliphatic heterocycles. The van der Waals surface area contributed by atoms with E-state index in [1.54, 1.807) is 6.07 Å². The number of fused-ring (bicyclic) bond motifs is 1. The zero-order valence-corrected chi connectivity index (χ0v) is 8.92. The van der Waals surface area contributed by atoms with E-state index in [2.05, 4.69) is 5.32 Å². The Kier molecular flexibility index (Phi) is 3.34. The molecule has 0 radical (unpaired) electrons. The molecular formula is C12H16FNO. The predicted molar refractivity (Wildman–Crippen MR) is 57.3 cm³/mol. The topological polar surface area (TPSA) is 21.3 Å². The molecule has 0 unspecified atom stereocenters. The van der Waals surface area contributed by atoms with Gasteiger partial charge in [-0.1, -0.05) is 12.1 Å². The van der Waals surface area contributed by atoms with Crippen molar-refractivity contribution in [3.05, 3.63) is 35.1 Å². The molecule has 1 atom stereocenters. The van der Waals surface area contributed by atoms with Gasteiger partial charge in [0.1, 0.15) is 5.82 Å². The zero-order valence-electron chi connectivity index (χ0n) is 8.92. The standard InChI is InChI=1S/C12H16FNO/c1-14-8-11-12-9(5-3-7-15-11)4-2-6-10(12)13/h2,4,6,11,14H,3,5,7-8H2,1H3/t11-/m1/s1. The van der Waals surface area contributed by atoms with Crippen LogP contribution in [0.25, 0.3) is 0 Å². The molecule has 1 N–H and O–H groups in total. The lowest BCUT2D eigenvalue weighted by molar-refractivity contribution is 0.0556. The first kappa shape index (κ1) is 10.6. The normalized spacial score (nSPS) is 20.8. The van der Waals surface area contributed by atoms with Gasteiger partial charge < -0.3 is 10.1 Å². The maximum atomic E-state index is 13.7. The lowest BCUT2D eigenvalue weighted by atomic mass is 9.99. The van der Waals surface area contributed by atoms with E-state index in [0.29, 0.717) is 13.2 Å². The minimum absolute atomic E-state index is 0.144. The second-order valence-corrected chi connectivity index (χ2v) is 3.83. The van der Waals surface area contributed by atoms with Crippen LogP contribution in [-0.4, -0.2) is 20.2 Å². The Balaban J connectivity index is 2.37. The summed E-state index contributed by atoms with van der Waals surface area (Å²) in [5.74, 6) is -0.144. The first-order valence-electron chi connectivity index (χ1n) is 5.36. The van der Waals surface area contributed by atoms with Crippen molar-refractivity contribution in [2.75, 3.05) is 20.2 Å². The Morgan fingerprint density at radius 2 is 2.40 bits per heavy atom. The van der Waals surface area contributed by atoms with E-state index in [1.165, 1.54) is 6.07 Å². The minimum atomic E-state index is -0.145. The monoisotopic (exact) mass is 209 g/mol. The quantitative estimate of drug-likeness (QED) is 0.805. The van der Waals surface area contributed by atoms with Crippen LogP contribution in [0.15, 0.2) is 18.2 Å². The third-order valence-corrected chi connectivity index (χ3v) is 2.76. The van der Waals surface area contributed by atoms with Crippen molar-refractivity contribution in [1.29, 1.82) is 0 Å². The van der Waals surface area contributed by atoms with Crippen molar-refractivity contribution in [1.82, 2.24) is 5.32 Å². The van der Waals surface area contributed by atoms with Crippen molar-refractivity contribution in [2.24, 2.45) is 0 Å². The maximum absolute atomic E-state index is 13.7. The smallest absolute Gasteiger partial charge is 0.129 e. The van der Waals surface area contributed by atoms with E-state index in [-0.39, 0.29) is 11.9 Å². The van der Waals surface area contributed by atoms with E-state index in [1.807, 2.05) is 13.1 Å². The van der Waals surface area contributed by atoms with Crippen molar-refractivity contribution < 1.29 is 9.13 Å². The molecule has 0 saturated heterocycles. The lowest BCUT2D eigenvalue weighted by Gasteiger charge is -2.18. The van der Waals surface area contributed by atoms with Gasteiger partial charge in [0.2, 0.25) is 0 Å². The summed E-state index contributed by atoms with van der Waals surface area (Å²) in [6.07, 6.45) is 1.73. The van der Waals surface area contributed by atoms with Crippen molar-refractivity contribution in [2.45, 2.75) is 18.9 Å². The number of nitrogens with one attached hydrogen (secondary N) is 1. The Bertz CT molecular complexity index is 340. The molecule has 2 nitrogen and oxygen atoms in total. The molecule has 1 aromatic rings. The molecule has 0 bridgehead atoms. The van der Waals surface area contributed by atoms with Gasteiger partial charge in [0, 0.05) is 18.7 Å². The Hall–Kier alpha value is -0.930. The highest BCUT2D eigenvalue weighted by molar-refractivity contribution is 5.31. The summed E-state index contributed by atoms with van der Waals surface area (Å²) >= 11 is 0. The van der Waals surface area contributed by atoms with Crippen LogP contribution in [-0.2, 0) is 11.2 Å². The average molecular weight is 209 g/mol. The summed E-state index contributed by atoms with van der Waals surface area (Å²) in [4.78, 5) is 0. The number of benzene rings is 1. The van der Waals surface area contributed by atoms with Gasteiger partial charge >= 0.3 is 0 Å². The van der Waals surface area contributed by atoms with Crippen LogP contribution in [0.5, 0.6) is 0 Å². The Morgan fingerprint density at radius 1 is 1.53 bits per heavy atom. The molecular weight excluding hydrogens is 193 g/mol. The molecule has 0 aromatic heterocycles. The second kappa shape index (κ2) is 4.73. The number of halogens is 1. The van der Waals surface area contributed by atoms with E-state index >= 15 is 0 Å². The fourth-order valence-corrected chi connectivity index (χ4v) is 2.08. The van der Waals surface area contributed by atoms with Crippen LogP contribution < -0.4 is 5.32 Å². The molecule has 1 aromatic carbocycles. The number of rotatable bonds is 2. The molecule has 0 fully saturated rings. The maximum Gasteiger partial charge on any atom is 0.129 e. The summed E-state index contributed by atoms with van der Waals surface area (Å²) in [6.45, 7) is 1.37. The number of hydrogen-bond donors (Lipinski definition) is 1. The van der Waals surface area contributed by atoms with Crippen LogP contribution in [0.1, 0.15) is 23.7 Å².